The molecule has 20 heavy (non-hydrogen) atoms. The molecule has 110 valence electrons. The molecule has 0 heterocycles. The average Bonchev–Trinajstić information content (AvgIpc) is 2.39. The van der Waals surface area contributed by atoms with Crippen LogP contribution in [0, 0.1) is 0 Å². The van der Waals surface area contributed by atoms with E-state index in [1.54, 1.807) is 25.2 Å². The fourth-order valence-corrected chi connectivity index (χ4v) is 1.95. The molecule has 1 aromatic carbocycles. The topological polar surface area (TPSA) is 69.6 Å². The van der Waals surface area contributed by atoms with Crippen molar-refractivity contribution in [3.05, 3.63) is 33.8 Å². The minimum Gasteiger partial charge on any atom is -0.481 e. The smallest absolute Gasteiger partial charge is 0.317 e. The van der Waals surface area contributed by atoms with E-state index >= 15 is 0 Å². The molecule has 5 nitrogen and oxygen atoms in total. The second-order valence-electron chi connectivity index (χ2n) is 4.30. The Morgan fingerprint density at radius 1 is 1.35 bits per heavy atom. The van der Waals surface area contributed by atoms with E-state index in [0.717, 1.165) is 5.56 Å². The Hall–Kier alpha value is -1.46. The number of carbonyl (C=O) groups excluding carboxylic acids is 1. The highest BCUT2D eigenvalue weighted by Crippen LogP contribution is 2.26. The van der Waals surface area contributed by atoms with Crippen LogP contribution in [0.2, 0.25) is 10.0 Å². The average molecular weight is 319 g/mol. The molecule has 0 aliphatic heterocycles. The van der Waals surface area contributed by atoms with Crippen molar-refractivity contribution in [1.29, 1.82) is 0 Å². The number of benzene rings is 1. The summed E-state index contributed by atoms with van der Waals surface area (Å²) < 4.78 is 0. The lowest BCUT2D eigenvalue weighted by Gasteiger charge is -2.19. The van der Waals surface area contributed by atoms with Crippen LogP contribution >= 0.6 is 23.2 Å². The zero-order chi connectivity index (χ0) is 15.1. The van der Waals surface area contributed by atoms with Gasteiger partial charge in [0.25, 0.3) is 0 Å². The van der Waals surface area contributed by atoms with Gasteiger partial charge in [0.2, 0.25) is 0 Å². The van der Waals surface area contributed by atoms with Gasteiger partial charge in [-0.2, -0.15) is 0 Å². The van der Waals surface area contributed by atoms with Crippen molar-refractivity contribution in [1.82, 2.24) is 10.2 Å². The summed E-state index contributed by atoms with van der Waals surface area (Å²) in [5.74, 6) is -0.877. The molecule has 0 saturated heterocycles. The molecular formula is C13H16Cl2N2O3. The molecule has 0 aliphatic rings. The van der Waals surface area contributed by atoms with E-state index in [1.807, 2.05) is 0 Å². The summed E-state index contributed by atoms with van der Waals surface area (Å²) in [6, 6.07) is 4.95. The SMILES string of the molecule is CN(Cc1cccc(Cl)c1Cl)C(=O)NCCCC(=O)O. The Balaban J connectivity index is 2.45. The van der Waals surface area contributed by atoms with Gasteiger partial charge in [-0.1, -0.05) is 35.3 Å². The van der Waals surface area contributed by atoms with Gasteiger partial charge in [0.15, 0.2) is 0 Å². The molecular weight excluding hydrogens is 303 g/mol. The summed E-state index contributed by atoms with van der Waals surface area (Å²) in [5.41, 5.74) is 0.752. The van der Waals surface area contributed by atoms with Gasteiger partial charge in [0.1, 0.15) is 0 Å². The van der Waals surface area contributed by atoms with Crippen molar-refractivity contribution in [2.75, 3.05) is 13.6 Å². The highest BCUT2D eigenvalue weighted by Gasteiger charge is 2.11. The monoisotopic (exact) mass is 318 g/mol. The Bertz CT molecular complexity index is 495. The van der Waals surface area contributed by atoms with Gasteiger partial charge < -0.3 is 15.3 Å². The first-order valence-corrected chi connectivity index (χ1v) is 6.81. The van der Waals surface area contributed by atoms with Gasteiger partial charge in [-0.15, -0.1) is 0 Å². The molecule has 2 N–H and O–H groups in total. The first-order valence-electron chi connectivity index (χ1n) is 6.05. The van der Waals surface area contributed by atoms with E-state index in [2.05, 4.69) is 5.32 Å². The number of halogens is 2. The fraction of sp³-hybridized carbons (Fsp3) is 0.385. The summed E-state index contributed by atoms with van der Waals surface area (Å²) in [5, 5.41) is 12.0. The molecule has 0 aliphatic carbocycles. The zero-order valence-electron chi connectivity index (χ0n) is 11.0. The van der Waals surface area contributed by atoms with E-state index < -0.39 is 5.97 Å². The standard InChI is InChI=1S/C13H16Cl2N2O3/c1-17(13(20)16-7-3-6-11(18)19)8-9-4-2-5-10(14)12(9)15/h2,4-5H,3,6-8H2,1H3,(H,16,20)(H,18,19). The first kappa shape index (κ1) is 16.6. The van der Waals surface area contributed by atoms with Gasteiger partial charge in [-0.25, -0.2) is 4.79 Å². The molecule has 0 saturated carbocycles. The number of urea groups is 1. The van der Waals surface area contributed by atoms with Crippen molar-refractivity contribution < 1.29 is 14.7 Å². The van der Waals surface area contributed by atoms with Crippen molar-refractivity contribution in [3.8, 4) is 0 Å². The number of rotatable bonds is 6. The number of amides is 2. The van der Waals surface area contributed by atoms with E-state index in [4.69, 9.17) is 28.3 Å². The number of nitrogens with zero attached hydrogens (tertiary/aromatic N) is 1. The number of hydrogen-bond acceptors (Lipinski definition) is 2. The molecule has 7 heteroatoms. The molecule has 0 spiro atoms. The number of carboxylic acid groups (broad SMARTS) is 1. The van der Waals surface area contributed by atoms with Crippen LogP contribution in [0.4, 0.5) is 4.79 Å². The Morgan fingerprint density at radius 2 is 2.05 bits per heavy atom. The summed E-state index contributed by atoms with van der Waals surface area (Å²) in [7, 11) is 1.63. The molecule has 0 unspecified atom stereocenters. The highest BCUT2D eigenvalue weighted by atomic mass is 35.5. The number of carbonyl (C=O) groups is 2. The van der Waals surface area contributed by atoms with Gasteiger partial charge in [0, 0.05) is 26.6 Å². The van der Waals surface area contributed by atoms with Crippen LogP contribution in [-0.4, -0.2) is 35.6 Å². The van der Waals surface area contributed by atoms with Gasteiger partial charge in [-0.05, 0) is 18.1 Å². The lowest BCUT2D eigenvalue weighted by Crippen LogP contribution is -2.37. The summed E-state index contributed by atoms with van der Waals surface area (Å²) in [4.78, 5) is 23.6. The molecule has 0 aromatic heterocycles. The Kier molecular flexibility index (Phi) is 6.61. The Labute approximate surface area is 127 Å². The minimum absolute atomic E-state index is 0.0319. The van der Waals surface area contributed by atoms with Crippen molar-refractivity contribution in [3.63, 3.8) is 0 Å². The van der Waals surface area contributed by atoms with Gasteiger partial charge >= 0.3 is 12.0 Å². The maximum Gasteiger partial charge on any atom is 0.317 e. The van der Waals surface area contributed by atoms with Gasteiger partial charge in [-0.3, -0.25) is 4.79 Å². The number of nitrogens with one attached hydrogen (secondary N) is 1. The van der Waals surface area contributed by atoms with Crippen LogP contribution < -0.4 is 5.32 Å². The third-order valence-electron chi connectivity index (χ3n) is 2.63. The van der Waals surface area contributed by atoms with E-state index in [1.165, 1.54) is 4.90 Å². The van der Waals surface area contributed by atoms with E-state index in [-0.39, 0.29) is 12.5 Å². The number of aliphatic carboxylic acids is 1. The Morgan fingerprint density at radius 3 is 2.70 bits per heavy atom. The third-order valence-corrected chi connectivity index (χ3v) is 3.49. The highest BCUT2D eigenvalue weighted by molar-refractivity contribution is 6.42. The van der Waals surface area contributed by atoms with Crippen LogP contribution in [0.3, 0.4) is 0 Å². The summed E-state index contributed by atoms with van der Waals surface area (Å²) in [6.45, 7) is 0.642. The maximum atomic E-state index is 11.8. The molecule has 0 bridgehead atoms. The van der Waals surface area contributed by atoms with Crippen molar-refractivity contribution in [2.24, 2.45) is 0 Å². The normalized spacial score (nSPS) is 10.2. The van der Waals surface area contributed by atoms with Gasteiger partial charge in [0.05, 0.1) is 10.0 Å². The van der Waals surface area contributed by atoms with Crippen molar-refractivity contribution in [2.45, 2.75) is 19.4 Å². The van der Waals surface area contributed by atoms with E-state index in [9.17, 15) is 9.59 Å². The first-order chi connectivity index (χ1) is 9.41. The second kappa shape index (κ2) is 7.97. The number of carboxylic acids is 1. The quantitative estimate of drug-likeness (QED) is 0.792. The predicted octanol–water partition coefficient (Wildman–Crippen LogP) is 3.00. The number of hydrogen-bond donors (Lipinski definition) is 2. The predicted molar refractivity (Wildman–Crippen MR) is 78.2 cm³/mol. The van der Waals surface area contributed by atoms with Crippen LogP contribution in [0.1, 0.15) is 18.4 Å². The van der Waals surface area contributed by atoms with Crippen molar-refractivity contribution >= 4 is 35.2 Å². The third kappa shape index (κ3) is 5.27. The molecule has 1 aromatic rings. The lowest BCUT2D eigenvalue weighted by molar-refractivity contribution is -0.137. The maximum absolute atomic E-state index is 11.8. The van der Waals surface area contributed by atoms with Crippen LogP contribution in [-0.2, 0) is 11.3 Å². The molecule has 0 fully saturated rings. The van der Waals surface area contributed by atoms with Crippen LogP contribution in [0.5, 0.6) is 0 Å². The minimum atomic E-state index is -0.877. The zero-order valence-corrected chi connectivity index (χ0v) is 12.5. The molecule has 2 amide bonds. The summed E-state index contributed by atoms with van der Waals surface area (Å²) >= 11 is 12.0. The lowest BCUT2D eigenvalue weighted by atomic mass is 10.2. The summed E-state index contributed by atoms with van der Waals surface area (Å²) in [6.07, 6.45) is 0.428. The second-order valence-corrected chi connectivity index (χ2v) is 5.08. The van der Waals surface area contributed by atoms with E-state index in [0.29, 0.717) is 29.6 Å². The van der Waals surface area contributed by atoms with Crippen LogP contribution in [0.15, 0.2) is 18.2 Å². The molecule has 0 atom stereocenters. The molecule has 1 rings (SSSR count). The fourth-order valence-electron chi connectivity index (χ4n) is 1.57. The molecule has 0 radical (unpaired) electrons. The van der Waals surface area contributed by atoms with Crippen LogP contribution in [0.25, 0.3) is 0 Å². The largest absolute Gasteiger partial charge is 0.481 e.